The number of nitrogens with zero attached hydrogens (tertiary/aromatic N) is 3. The molecule has 2 fully saturated rings. The second kappa shape index (κ2) is 12.4. The number of carbonyl (C=O) groups excluding carboxylic acids is 1. The minimum Gasteiger partial charge on any atom is -0.370 e. The fourth-order valence-corrected chi connectivity index (χ4v) is 4.54. The summed E-state index contributed by atoms with van der Waals surface area (Å²) in [5.41, 5.74) is 4.39. The summed E-state index contributed by atoms with van der Waals surface area (Å²) in [5, 5.41) is 3.48. The Balaban J connectivity index is 0.00000306. The molecular formula is C26H35IN4O2. The Bertz CT molecular complexity index is 942. The molecular weight excluding hydrogens is 527 g/mol. The van der Waals surface area contributed by atoms with Gasteiger partial charge in [0.25, 0.3) is 5.91 Å². The summed E-state index contributed by atoms with van der Waals surface area (Å²) in [6.07, 6.45) is 3.49. The van der Waals surface area contributed by atoms with E-state index in [1.165, 1.54) is 17.5 Å². The number of aliphatic imine (C=N–C) groups is 1. The molecule has 0 bridgehead atoms. The molecule has 1 amide bonds. The third-order valence-electron chi connectivity index (χ3n) is 6.41. The van der Waals surface area contributed by atoms with Crippen LogP contribution < -0.4 is 5.32 Å². The summed E-state index contributed by atoms with van der Waals surface area (Å²) < 4.78 is 6.06. The molecule has 2 aromatic rings. The molecule has 2 aliphatic rings. The molecule has 2 saturated heterocycles. The van der Waals surface area contributed by atoms with Gasteiger partial charge in [-0.05, 0) is 55.0 Å². The van der Waals surface area contributed by atoms with Crippen LogP contribution in [0.25, 0.3) is 0 Å². The molecule has 0 aromatic heterocycles. The Hall–Kier alpha value is -2.13. The van der Waals surface area contributed by atoms with E-state index < -0.39 is 0 Å². The second-order valence-electron chi connectivity index (χ2n) is 8.61. The molecule has 0 aliphatic carbocycles. The van der Waals surface area contributed by atoms with E-state index in [2.05, 4.69) is 46.4 Å². The van der Waals surface area contributed by atoms with Gasteiger partial charge in [0.05, 0.1) is 13.2 Å². The van der Waals surface area contributed by atoms with Gasteiger partial charge < -0.3 is 19.9 Å². The van der Waals surface area contributed by atoms with Gasteiger partial charge in [0, 0.05) is 38.8 Å². The number of piperidine rings is 1. The van der Waals surface area contributed by atoms with Gasteiger partial charge in [-0.15, -0.1) is 24.0 Å². The fourth-order valence-electron chi connectivity index (χ4n) is 4.54. The lowest BCUT2D eigenvalue weighted by atomic mass is 10.0. The van der Waals surface area contributed by atoms with Gasteiger partial charge in [-0.3, -0.25) is 9.79 Å². The van der Waals surface area contributed by atoms with Crippen molar-refractivity contribution in [1.29, 1.82) is 0 Å². The highest BCUT2D eigenvalue weighted by atomic mass is 127. The van der Waals surface area contributed by atoms with Gasteiger partial charge in [-0.2, -0.15) is 0 Å². The zero-order valence-electron chi connectivity index (χ0n) is 19.6. The van der Waals surface area contributed by atoms with Crippen molar-refractivity contribution in [3.8, 4) is 0 Å². The molecule has 0 radical (unpaired) electrons. The van der Waals surface area contributed by atoms with E-state index in [0.717, 1.165) is 56.1 Å². The Morgan fingerprint density at radius 2 is 1.76 bits per heavy atom. The van der Waals surface area contributed by atoms with Gasteiger partial charge in [0.1, 0.15) is 6.10 Å². The predicted molar refractivity (Wildman–Crippen MR) is 143 cm³/mol. The van der Waals surface area contributed by atoms with E-state index in [1.54, 1.807) is 0 Å². The van der Waals surface area contributed by atoms with Crippen molar-refractivity contribution in [3.63, 3.8) is 0 Å². The number of hydrogen-bond acceptors (Lipinski definition) is 3. The third kappa shape index (κ3) is 6.47. The van der Waals surface area contributed by atoms with Gasteiger partial charge in [0.15, 0.2) is 5.96 Å². The average molecular weight is 562 g/mol. The van der Waals surface area contributed by atoms with Crippen LogP contribution in [0.2, 0.25) is 0 Å². The SMILES string of the molecule is CN=C(NCc1ccc(C(=O)N2CCCCC2)cc1)N1CCOC(c2ccccc2C)C1.I. The van der Waals surface area contributed by atoms with Crippen LogP contribution in [0.5, 0.6) is 0 Å². The Morgan fingerprint density at radius 1 is 1.03 bits per heavy atom. The van der Waals surface area contributed by atoms with Crippen LogP contribution in [0.3, 0.4) is 0 Å². The molecule has 1 atom stereocenters. The first kappa shape index (κ1) is 25.5. The number of ether oxygens (including phenoxy) is 1. The Morgan fingerprint density at radius 3 is 2.45 bits per heavy atom. The fraction of sp³-hybridized carbons (Fsp3) is 0.462. The number of guanidine groups is 1. The number of benzene rings is 2. The van der Waals surface area contributed by atoms with Crippen LogP contribution >= 0.6 is 24.0 Å². The van der Waals surface area contributed by atoms with Crippen molar-refractivity contribution in [1.82, 2.24) is 15.1 Å². The van der Waals surface area contributed by atoms with E-state index in [0.29, 0.717) is 13.2 Å². The second-order valence-corrected chi connectivity index (χ2v) is 8.61. The maximum absolute atomic E-state index is 12.7. The topological polar surface area (TPSA) is 57.2 Å². The lowest BCUT2D eigenvalue weighted by molar-refractivity contribution is -0.00833. The maximum Gasteiger partial charge on any atom is 0.253 e. The monoisotopic (exact) mass is 562 g/mol. The zero-order chi connectivity index (χ0) is 22.3. The van der Waals surface area contributed by atoms with Crippen LogP contribution in [0.15, 0.2) is 53.5 Å². The number of rotatable bonds is 4. The number of nitrogens with one attached hydrogen (secondary N) is 1. The molecule has 0 saturated carbocycles. The Kier molecular flexibility index (Phi) is 9.55. The number of carbonyl (C=O) groups is 1. The van der Waals surface area contributed by atoms with Crippen molar-refractivity contribution >= 4 is 35.8 Å². The quantitative estimate of drug-likeness (QED) is 0.342. The number of likely N-dealkylation sites (tertiary alicyclic amines) is 1. The summed E-state index contributed by atoms with van der Waals surface area (Å²) in [4.78, 5) is 21.4. The Labute approximate surface area is 214 Å². The molecule has 1 N–H and O–H groups in total. The number of aryl methyl sites for hydroxylation is 1. The summed E-state index contributed by atoms with van der Waals surface area (Å²) in [7, 11) is 1.82. The highest BCUT2D eigenvalue weighted by Gasteiger charge is 2.25. The van der Waals surface area contributed by atoms with Gasteiger partial charge >= 0.3 is 0 Å². The van der Waals surface area contributed by atoms with Gasteiger partial charge in [-0.1, -0.05) is 36.4 Å². The molecule has 2 heterocycles. The van der Waals surface area contributed by atoms with E-state index in [-0.39, 0.29) is 36.0 Å². The minimum absolute atomic E-state index is 0. The molecule has 2 aliphatic heterocycles. The highest BCUT2D eigenvalue weighted by molar-refractivity contribution is 14.0. The summed E-state index contributed by atoms with van der Waals surface area (Å²) in [6, 6.07) is 16.4. The molecule has 4 rings (SSSR count). The van der Waals surface area contributed by atoms with Crippen LogP contribution in [0, 0.1) is 6.92 Å². The predicted octanol–water partition coefficient (Wildman–Crippen LogP) is 4.39. The molecule has 6 nitrogen and oxygen atoms in total. The van der Waals surface area contributed by atoms with Crippen LogP contribution in [0.1, 0.15) is 52.4 Å². The normalized spacial score (nSPS) is 19.1. The first-order valence-corrected chi connectivity index (χ1v) is 11.7. The number of hydrogen-bond donors (Lipinski definition) is 1. The maximum atomic E-state index is 12.7. The summed E-state index contributed by atoms with van der Waals surface area (Å²) in [6.45, 7) is 6.80. The number of morpholine rings is 1. The van der Waals surface area contributed by atoms with E-state index in [4.69, 9.17) is 4.74 Å². The minimum atomic E-state index is 0. The smallest absolute Gasteiger partial charge is 0.253 e. The van der Waals surface area contributed by atoms with Crippen LogP contribution in [-0.2, 0) is 11.3 Å². The van der Waals surface area contributed by atoms with Gasteiger partial charge in [0.2, 0.25) is 0 Å². The lowest BCUT2D eigenvalue weighted by Gasteiger charge is -2.35. The van der Waals surface area contributed by atoms with E-state index >= 15 is 0 Å². The molecule has 33 heavy (non-hydrogen) atoms. The molecule has 2 aromatic carbocycles. The first-order valence-electron chi connectivity index (χ1n) is 11.7. The van der Waals surface area contributed by atoms with E-state index in [9.17, 15) is 4.79 Å². The average Bonchev–Trinajstić information content (AvgIpc) is 2.85. The molecule has 7 heteroatoms. The number of amides is 1. The number of halogens is 1. The zero-order valence-corrected chi connectivity index (χ0v) is 22.0. The molecule has 1 unspecified atom stereocenters. The van der Waals surface area contributed by atoms with Crippen LogP contribution in [0.4, 0.5) is 0 Å². The highest BCUT2D eigenvalue weighted by Crippen LogP contribution is 2.25. The largest absolute Gasteiger partial charge is 0.370 e. The standard InChI is InChI=1S/C26H34N4O2.HI/c1-20-8-4-5-9-23(20)24-19-30(16-17-32-24)26(27-2)28-18-21-10-12-22(13-11-21)25(31)29-14-6-3-7-15-29;/h4-5,8-13,24H,3,6-7,14-19H2,1-2H3,(H,27,28);1H. The summed E-state index contributed by atoms with van der Waals surface area (Å²) >= 11 is 0. The van der Waals surface area contributed by atoms with Gasteiger partial charge in [-0.25, -0.2) is 0 Å². The first-order chi connectivity index (χ1) is 15.7. The van der Waals surface area contributed by atoms with Crippen molar-refractivity contribution in [2.24, 2.45) is 4.99 Å². The van der Waals surface area contributed by atoms with Crippen molar-refractivity contribution in [2.75, 3.05) is 39.8 Å². The van der Waals surface area contributed by atoms with Crippen molar-refractivity contribution < 1.29 is 9.53 Å². The van der Waals surface area contributed by atoms with Crippen molar-refractivity contribution in [3.05, 3.63) is 70.8 Å². The van der Waals surface area contributed by atoms with E-state index in [1.807, 2.05) is 36.2 Å². The van der Waals surface area contributed by atoms with Crippen LogP contribution in [-0.4, -0.2) is 61.5 Å². The van der Waals surface area contributed by atoms with Crippen molar-refractivity contribution in [2.45, 2.75) is 38.8 Å². The molecule has 0 spiro atoms. The third-order valence-corrected chi connectivity index (χ3v) is 6.41. The summed E-state index contributed by atoms with van der Waals surface area (Å²) in [5.74, 6) is 1.02. The lowest BCUT2D eigenvalue weighted by Crippen LogP contribution is -2.48. The molecule has 178 valence electrons.